The number of carbonyl (C=O) groups excluding carboxylic acids is 1. The van der Waals surface area contributed by atoms with Crippen molar-refractivity contribution in [3.8, 4) is 17.2 Å². The van der Waals surface area contributed by atoms with E-state index >= 15 is 0 Å². The van der Waals surface area contributed by atoms with E-state index in [9.17, 15) is 14.7 Å². The number of carboxylic acid groups (broad SMARTS) is 1. The lowest BCUT2D eigenvalue weighted by molar-refractivity contribution is -0.131. The molecule has 7 nitrogen and oxygen atoms in total. The number of rotatable bonds is 6. The molecule has 0 spiro atoms. The Kier molecular flexibility index (Phi) is 5.07. The Morgan fingerprint density at radius 3 is 2.57 bits per heavy atom. The van der Waals surface area contributed by atoms with Crippen molar-refractivity contribution in [2.45, 2.75) is 0 Å². The number of benzene rings is 2. The lowest BCUT2D eigenvalue weighted by Crippen LogP contribution is -2.07. The van der Waals surface area contributed by atoms with Crippen LogP contribution in [0.3, 0.4) is 0 Å². The van der Waals surface area contributed by atoms with E-state index in [1.54, 1.807) is 61.8 Å². The Hall–Kier alpha value is -3.91. The van der Waals surface area contributed by atoms with Crippen LogP contribution in [0.25, 0.3) is 16.2 Å². The third-order valence-electron chi connectivity index (χ3n) is 4.41. The van der Waals surface area contributed by atoms with E-state index < -0.39 is 5.97 Å². The number of aromatic nitrogens is 2. The molecule has 0 saturated heterocycles. The quantitative estimate of drug-likeness (QED) is 0.353. The van der Waals surface area contributed by atoms with Gasteiger partial charge in [-0.1, -0.05) is 12.1 Å². The number of ether oxygens (including phenoxy) is 1. The molecule has 4 aromatic rings. The van der Waals surface area contributed by atoms with Gasteiger partial charge in [0.25, 0.3) is 0 Å². The van der Waals surface area contributed by atoms with Gasteiger partial charge in [0, 0.05) is 29.4 Å². The minimum Gasteiger partial charge on any atom is -0.508 e. The van der Waals surface area contributed by atoms with Crippen molar-refractivity contribution in [3.05, 3.63) is 76.9 Å². The highest BCUT2D eigenvalue weighted by molar-refractivity contribution is 7.21. The zero-order valence-electron chi connectivity index (χ0n) is 15.8. The van der Waals surface area contributed by atoms with Crippen molar-refractivity contribution < 1.29 is 24.5 Å². The standard InChI is InChI=1S/C22H16N2O5S/c1-24-17(10-11-23-24)20(28)22-21(16-8-5-14(25)12-18(16)30-22)29-15-6-2-13(3-7-15)4-9-19(26)27/h2-12,25H,1H3,(H,26,27)/b9-4+. The molecule has 0 unspecified atom stereocenters. The van der Waals surface area contributed by atoms with Gasteiger partial charge >= 0.3 is 5.97 Å². The highest BCUT2D eigenvalue weighted by Gasteiger charge is 2.24. The zero-order chi connectivity index (χ0) is 21.3. The molecule has 2 N–H and O–H groups in total. The molecule has 0 aliphatic carbocycles. The van der Waals surface area contributed by atoms with Crippen molar-refractivity contribution in [3.63, 3.8) is 0 Å². The van der Waals surface area contributed by atoms with Crippen LogP contribution in [-0.2, 0) is 11.8 Å². The summed E-state index contributed by atoms with van der Waals surface area (Å²) in [4.78, 5) is 24.2. The summed E-state index contributed by atoms with van der Waals surface area (Å²) in [6.45, 7) is 0. The number of thiophene rings is 1. The fourth-order valence-electron chi connectivity index (χ4n) is 2.96. The van der Waals surface area contributed by atoms with Crippen LogP contribution in [0.1, 0.15) is 20.9 Å². The molecule has 0 saturated carbocycles. The van der Waals surface area contributed by atoms with Gasteiger partial charge in [0.2, 0.25) is 5.78 Å². The van der Waals surface area contributed by atoms with Gasteiger partial charge in [-0.2, -0.15) is 5.10 Å². The van der Waals surface area contributed by atoms with Gasteiger partial charge in [-0.15, -0.1) is 11.3 Å². The summed E-state index contributed by atoms with van der Waals surface area (Å²) in [6.07, 6.45) is 4.09. The number of ketones is 1. The van der Waals surface area contributed by atoms with E-state index in [1.807, 2.05) is 0 Å². The first-order valence-corrected chi connectivity index (χ1v) is 9.71. The maximum Gasteiger partial charge on any atom is 0.328 e. The Morgan fingerprint density at radius 2 is 1.90 bits per heavy atom. The average molecular weight is 420 g/mol. The number of carboxylic acids is 1. The second-order valence-electron chi connectivity index (χ2n) is 6.45. The highest BCUT2D eigenvalue weighted by atomic mass is 32.1. The Labute approximate surface area is 175 Å². The van der Waals surface area contributed by atoms with E-state index in [-0.39, 0.29) is 11.5 Å². The molecule has 2 aromatic heterocycles. The van der Waals surface area contributed by atoms with Crippen LogP contribution < -0.4 is 4.74 Å². The molecule has 8 heteroatoms. The lowest BCUT2D eigenvalue weighted by atomic mass is 10.1. The summed E-state index contributed by atoms with van der Waals surface area (Å²) in [5.74, 6) is -0.262. The summed E-state index contributed by atoms with van der Waals surface area (Å²) < 4.78 is 8.30. The second-order valence-corrected chi connectivity index (χ2v) is 7.50. The summed E-state index contributed by atoms with van der Waals surface area (Å²) in [5, 5.41) is 23.3. The number of carbonyl (C=O) groups is 2. The fourth-order valence-corrected chi connectivity index (χ4v) is 4.07. The van der Waals surface area contributed by atoms with Crippen molar-refractivity contribution in [2.75, 3.05) is 0 Å². The van der Waals surface area contributed by atoms with E-state index in [4.69, 9.17) is 9.84 Å². The van der Waals surface area contributed by atoms with Gasteiger partial charge in [0.1, 0.15) is 22.1 Å². The summed E-state index contributed by atoms with van der Waals surface area (Å²) >= 11 is 1.23. The molecule has 0 bridgehead atoms. The van der Waals surface area contributed by atoms with Gasteiger partial charge in [-0.3, -0.25) is 9.48 Å². The molecule has 0 radical (unpaired) electrons. The number of hydrogen-bond donors (Lipinski definition) is 2. The lowest BCUT2D eigenvalue weighted by Gasteiger charge is -2.08. The maximum atomic E-state index is 13.1. The molecule has 2 heterocycles. The van der Waals surface area contributed by atoms with Crippen LogP contribution in [-0.4, -0.2) is 31.7 Å². The monoisotopic (exact) mass is 420 g/mol. The zero-order valence-corrected chi connectivity index (χ0v) is 16.6. The van der Waals surface area contributed by atoms with Crippen LogP contribution in [0.4, 0.5) is 0 Å². The van der Waals surface area contributed by atoms with Crippen molar-refractivity contribution in [1.29, 1.82) is 0 Å². The molecule has 0 atom stereocenters. The summed E-state index contributed by atoms with van der Waals surface area (Å²) in [6, 6.07) is 13.3. The van der Waals surface area contributed by atoms with Gasteiger partial charge in [-0.05, 0) is 48.0 Å². The van der Waals surface area contributed by atoms with Crippen molar-refractivity contribution in [2.24, 2.45) is 7.05 Å². The number of phenolic OH excluding ortho intramolecular Hbond substituents is 1. The molecule has 2 aromatic carbocycles. The van der Waals surface area contributed by atoms with Crippen molar-refractivity contribution in [1.82, 2.24) is 9.78 Å². The number of aromatic hydroxyl groups is 1. The first kappa shape index (κ1) is 19.4. The van der Waals surface area contributed by atoms with Crippen LogP contribution in [0.5, 0.6) is 17.2 Å². The first-order chi connectivity index (χ1) is 14.4. The Bertz CT molecular complexity index is 1280. The van der Waals surface area contributed by atoms with E-state index in [1.165, 1.54) is 22.1 Å². The minimum absolute atomic E-state index is 0.101. The maximum absolute atomic E-state index is 13.1. The molecule has 0 aliphatic heterocycles. The van der Waals surface area contributed by atoms with Crippen LogP contribution in [0, 0.1) is 0 Å². The molecular formula is C22H16N2O5S. The van der Waals surface area contributed by atoms with E-state index in [0.29, 0.717) is 33.0 Å². The minimum atomic E-state index is -1.03. The van der Waals surface area contributed by atoms with Gasteiger partial charge in [-0.25, -0.2) is 4.79 Å². The normalized spacial score (nSPS) is 11.2. The molecule has 0 amide bonds. The van der Waals surface area contributed by atoms with Crippen LogP contribution in [0.15, 0.2) is 60.8 Å². The number of aliphatic carboxylic acids is 1. The first-order valence-electron chi connectivity index (χ1n) is 8.89. The highest BCUT2D eigenvalue weighted by Crippen LogP contribution is 2.42. The largest absolute Gasteiger partial charge is 0.508 e. The van der Waals surface area contributed by atoms with E-state index in [0.717, 1.165) is 10.8 Å². The molecule has 30 heavy (non-hydrogen) atoms. The Morgan fingerprint density at radius 1 is 1.13 bits per heavy atom. The van der Waals surface area contributed by atoms with Crippen LogP contribution >= 0.6 is 11.3 Å². The third-order valence-corrected chi connectivity index (χ3v) is 5.54. The molecule has 0 aliphatic rings. The molecule has 4 rings (SSSR count). The SMILES string of the molecule is Cn1nccc1C(=O)c1sc2cc(O)ccc2c1Oc1ccc(/C=C/C(=O)O)cc1. The summed E-state index contributed by atoms with van der Waals surface area (Å²) in [7, 11) is 1.69. The van der Waals surface area contributed by atoms with Gasteiger partial charge in [0.05, 0.1) is 0 Å². The van der Waals surface area contributed by atoms with Crippen molar-refractivity contribution >= 4 is 39.3 Å². The fraction of sp³-hybridized carbons (Fsp3) is 0.0455. The number of hydrogen-bond acceptors (Lipinski definition) is 6. The van der Waals surface area contributed by atoms with Crippen LogP contribution in [0.2, 0.25) is 0 Å². The number of nitrogens with zero attached hydrogens (tertiary/aromatic N) is 2. The predicted octanol–water partition coefficient (Wildman–Crippen LogP) is 4.46. The topological polar surface area (TPSA) is 102 Å². The summed E-state index contributed by atoms with van der Waals surface area (Å²) in [5.41, 5.74) is 1.13. The predicted molar refractivity (Wildman–Crippen MR) is 113 cm³/mol. The number of phenols is 1. The van der Waals surface area contributed by atoms with Gasteiger partial charge < -0.3 is 14.9 Å². The van der Waals surface area contributed by atoms with E-state index in [2.05, 4.69) is 5.10 Å². The van der Waals surface area contributed by atoms with Gasteiger partial charge in [0.15, 0.2) is 5.75 Å². The molecule has 0 fully saturated rings. The molecular weight excluding hydrogens is 404 g/mol. The molecule has 150 valence electrons. The smallest absolute Gasteiger partial charge is 0.328 e. The number of aryl methyl sites for hydroxylation is 1. The average Bonchev–Trinajstić information content (AvgIpc) is 3.30. The third kappa shape index (κ3) is 3.81. The second kappa shape index (κ2) is 7.84. The Balaban J connectivity index is 1.75. The number of fused-ring (bicyclic) bond motifs is 1.